The highest BCUT2D eigenvalue weighted by Crippen LogP contribution is 2.49. The van der Waals surface area contributed by atoms with Gasteiger partial charge in [-0.3, -0.25) is 0 Å². The number of hydrogen-bond acceptors (Lipinski definition) is 2. The third-order valence-corrected chi connectivity index (χ3v) is 5.87. The van der Waals surface area contributed by atoms with Crippen molar-refractivity contribution in [1.29, 1.82) is 0 Å². The highest BCUT2D eigenvalue weighted by atomic mass is 79.9. The largest absolute Gasteiger partial charge is 0.387 e. The maximum absolute atomic E-state index is 10.3. The molecule has 1 heterocycles. The summed E-state index contributed by atoms with van der Waals surface area (Å²) in [6.07, 6.45) is 4.32. The number of thiophene rings is 1. The molecule has 1 aliphatic carbocycles. The van der Waals surface area contributed by atoms with Crippen LogP contribution in [0.1, 0.15) is 43.6 Å². The van der Waals surface area contributed by atoms with Crippen molar-refractivity contribution >= 4 is 38.9 Å². The normalized spacial score (nSPS) is 21.9. The van der Waals surface area contributed by atoms with Gasteiger partial charge in [0, 0.05) is 9.35 Å². The van der Waals surface area contributed by atoms with Crippen LogP contribution in [-0.2, 0) is 0 Å². The zero-order valence-corrected chi connectivity index (χ0v) is 11.8. The fourth-order valence-corrected chi connectivity index (χ4v) is 4.20. The van der Waals surface area contributed by atoms with E-state index in [4.69, 9.17) is 11.6 Å². The van der Waals surface area contributed by atoms with E-state index >= 15 is 0 Å². The molecule has 0 spiro atoms. The number of halogens is 2. The molecule has 1 aromatic heterocycles. The molecule has 1 nitrogen and oxygen atoms in total. The van der Waals surface area contributed by atoms with E-state index in [0.717, 1.165) is 26.5 Å². The van der Waals surface area contributed by atoms with Crippen LogP contribution in [0.25, 0.3) is 0 Å². The molecule has 2 rings (SSSR count). The third kappa shape index (κ3) is 2.26. The second kappa shape index (κ2) is 4.36. The van der Waals surface area contributed by atoms with Gasteiger partial charge in [-0.05, 0) is 40.3 Å². The van der Waals surface area contributed by atoms with Gasteiger partial charge < -0.3 is 5.11 Å². The van der Waals surface area contributed by atoms with Crippen molar-refractivity contribution < 1.29 is 5.11 Å². The zero-order chi connectivity index (χ0) is 11.1. The minimum Gasteiger partial charge on any atom is -0.387 e. The highest BCUT2D eigenvalue weighted by Gasteiger charge is 2.37. The third-order valence-electron chi connectivity index (χ3n) is 3.34. The van der Waals surface area contributed by atoms with Crippen molar-refractivity contribution in [3.8, 4) is 0 Å². The van der Waals surface area contributed by atoms with E-state index < -0.39 is 0 Å². The molecule has 1 aliphatic rings. The summed E-state index contributed by atoms with van der Waals surface area (Å²) in [6, 6.07) is 1.95. The summed E-state index contributed by atoms with van der Waals surface area (Å²) in [5.41, 5.74) is 0.0492. The van der Waals surface area contributed by atoms with Crippen molar-refractivity contribution in [1.82, 2.24) is 0 Å². The SMILES string of the molecule is CC1(C(O)c2cc(Br)c(Cl)s2)CCCC1. The maximum Gasteiger partial charge on any atom is 0.107 e. The quantitative estimate of drug-likeness (QED) is 0.833. The minimum absolute atomic E-state index is 0.0492. The Hall–Kier alpha value is 0.430. The van der Waals surface area contributed by atoms with Crippen LogP contribution in [-0.4, -0.2) is 5.11 Å². The van der Waals surface area contributed by atoms with E-state index in [2.05, 4.69) is 22.9 Å². The first-order valence-corrected chi connectivity index (χ1v) is 7.14. The Bertz CT molecular complexity index is 338. The summed E-state index contributed by atoms with van der Waals surface area (Å²) in [7, 11) is 0. The zero-order valence-electron chi connectivity index (χ0n) is 8.59. The van der Waals surface area contributed by atoms with E-state index in [0.29, 0.717) is 0 Å². The summed E-state index contributed by atoms with van der Waals surface area (Å²) in [6.45, 7) is 2.17. The molecule has 0 aromatic carbocycles. The van der Waals surface area contributed by atoms with Gasteiger partial charge in [0.05, 0.1) is 6.10 Å². The fraction of sp³-hybridized carbons (Fsp3) is 0.636. The second-order valence-electron chi connectivity index (χ2n) is 4.53. The Balaban J connectivity index is 2.23. The van der Waals surface area contributed by atoms with Crippen molar-refractivity contribution in [2.24, 2.45) is 5.41 Å². The van der Waals surface area contributed by atoms with Crippen LogP contribution >= 0.6 is 38.9 Å². The molecule has 1 saturated carbocycles. The van der Waals surface area contributed by atoms with Gasteiger partial charge in [0.15, 0.2) is 0 Å². The lowest BCUT2D eigenvalue weighted by Crippen LogP contribution is -2.21. The Labute approximate surface area is 108 Å². The van der Waals surface area contributed by atoms with Crippen LogP contribution in [0.4, 0.5) is 0 Å². The van der Waals surface area contributed by atoms with Gasteiger partial charge in [-0.25, -0.2) is 0 Å². The van der Waals surface area contributed by atoms with Crippen molar-refractivity contribution in [3.63, 3.8) is 0 Å². The smallest absolute Gasteiger partial charge is 0.107 e. The second-order valence-corrected chi connectivity index (χ2v) is 7.07. The van der Waals surface area contributed by atoms with Crippen LogP contribution in [0.15, 0.2) is 10.5 Å². The van der Waals surface area contributed by atoms with Crippen molar-refractivity contribution in [2.75, 3.05) is 0 Å². The lowest BCUT2D eigenvalue weighted by Gasteiger charge is -2.29. The monoisotopic (exact) mass is 308 g/mol. The first kappa shape index (κ1) is 11.9. The fourth-order valence-electron chi connectivity index (χ4n) is 2.30. The summed E-state index contributed by atoms with van der Waals surface area (Å²) < 4.78 is 1.62. The molecule has 1 atom stereocenters. The maximum atomic E-state index is 10.3. The highest BCUT2D eigenvalue weighted by molar-refractivity contribution is 9.10. The minimum atomic E-state index is -0.367. The van der Waals surface area contributed by atoms with E-state index in [-0.39, 0.29) is 11.5 Å². The summed E-state index contributed by atoms with van der Waals surface area (Å²) in [5, 5.41) is 10.3. The van der Waals surface area contributed by atoms with E-state index in [1.807, 2.05) is 6.07 Å². The number of hydrogen-bond donors (Lipinski definition) is 1. The first-order valence-electron chi connectivity index (χ1n) is 5.16. The Morgan fingerprint density at radius 1 is 1.53 bits per heavy atom. The molecule has 0 saturated heterocycles. The van der Waals surface area contributed by atoms with Crippen LogP contribution in [0.5, 0.6) is 0 Å². The molecule has 0 radical (unpaired) electrons. The van der Waals surface area contributed by atoms with Gasteiger partial charge in [0.1, 0.15) is 4.34 Å². The lowest BCUT2D eigenvalue weighted by atomic mass is 9.82. The molecule has 0 aliphatic heterocycles. The molecule has 0 amide bonds. The average Bonchev–Trinajstić information content (AvgIpc) is 2.75. The van der Waals surface area contributed by atoms with E-state index in [1.54, 1.807) is 0 Å². The number of rotatable bonds is 2. The summed E-state index contributed by atoms with van der Waals surface area (Å²) >= 11 is 10.8. The molecule has 1 unspecified atom stereocenters. The van der Waals surface area contributed by atoms with Crippen LogP contribution < -0.4 is 0 Å². The van der Waals surface area contributed by atoms with Crippen molar-refractivity contribution in [2.45, 2.75) is 38.7 Å². The van der Waals surface area contributed by atoms with Crippen LogP contribution in [0.3, 0.4) is 0 Å². The van der Waals surface area contributed by atoms with E-state index in [1.165, 1.54) is 24.2 Å². The molecule has 4 heteroatoms. The molecular formula is C11H14BrClOS. The van der Waals surface area contributed by atoms with Crippen LogP contribution in [0.2, 0.25) is 4.34 Å². The molecule has 84 valence electrons. The molecule has 15 heavy (non-hydrogen) atoms. The average molecular weight is 310 g/mol. The van der Waals surface area contributed by atoms with Crippen LogP contribution in [0, 0.1) is 5.41 Å². The lowest BCUT2D eigenvalue weighted by molar-refractivity contribution is 0.0437. The summed E-state index contributed by atoms with van der Waals surface area (Å²) in [5.74, 6) is 0. The molecule has 1 aromatic rings. The molecule has 0 bridgehead atoms. The van der Waals surface area contributed by atoms with E-state index in [9.17, 15) is 5.11 Å². The first-order chi connectivity index (χ1) is 7.03. The Morgan fingerprint density at radius 3 is 2.60 bits per heavy atom. The number of aliphatic hydroxyl groups is 1. The van der Waals surface area contributed by atoms with Gasteiger partial charge in [-0.2, -0.15) is 0 Å². The van der Waals surface area contributed by atoms with Gasteiger partial charge in [0.2, 0.25) is 0 Å². The predicted octanol–water partition coefficient (Wildman–Crippen LogP) is 4.78. The van der Waals surface area contributed by atoms with Gasteiger partial charge in [-0.1, -0.05) is 31.4 Å². The number of aliphatic hydroxyl groups excluding tert-OH is 1. The van der Waals surface area contributed by atoms with Gasteiger partial charge in [0.25, 0.3) is 0 Å². The summed E-state index contributed by atoms with van der Waals surface area (Å²) in [4.78, 5) is 0.983. The molecule has 1 fully saturated rings. The standard InChI is InChI=1S/C11H14BrClOS/c1-11(4-2-3-5-11)9(14)8-6-7(12)10(13)15-8/h6,9,14H,2-5H2,1H3. The predicted molar refractivity (Wildman–Crippen MR) is 68.6 cm³/mol. The Morgan fingerprint density at radius 2 is 2.13 bits per heavy atom. The molecule has 1 N–H and O–H groups in total. The van der Waals surface area contributed by atoms with Crippen molar-refractivity contribution in [3.05, 3.63) is 19.8 Å². The van der Waals surface area contributed by atoms with Gasteiger partial charge in [-0.15, -0.1) is 11.3 Å². The Kier molecular flexibility index (Phi) is 3.46. The topological polar surface area (TPSA) is 20.2 Å². The molecular weight excluding hydrogens is 296 g/mol. The van der Waals surface area contributed by atoms with Gasteiger partial charge >= 0.3 is 0 Å².